The number of hydrogen-bond acceptors (Lipinski definition) is 2. The second kappa shape index (κ2) is 29.1. The minimum absolute atomic E-state index is 0.0948. The van der Waals surface area contributed by atoms with E-state index in [0.717, 1.165) is 5.56 Å². The summed E-state index contributed by atoms with van der Waals surface area (Å²) >= 11 is 0. The fourth-order valence-corrected chi connectivity index (χ4v) is 4.28. The van der Waals surface area contributed by atoms with Crippen LogP contribution in [0.2, 0.25) is 0 Å². The molecule has 0 unspecified atom stereocenters. The van der Waals surface area contributed by atoms with Crippen LogP contribution in [0.1, 0.15) is 142 Å². The van der Waals surface area contributed by atoms with Gasteiger partial charge in [0.2, 0.25) is 0 Å². The number of fused-ring (bicyclic) bond motifs is 1. The van der Waals surface area contributed by atoms with Gasteiger partial charge in [-0.25, -0.2) is 0 Å². The molecule has 2 heteroatoms. The van der Waals surface area contributed by atoms with Gasteiger partial charge in [0.25, 0.3) is 0 Å². The molecular weight excluding hydrogens is 583 g/mol. The van der Waals surface area contributed by atoms with Crippen LogP contribution in [-0.2, 0) is 0 Å². The summed E-state index contributed by atoms with van der Waals surface area (Å²) in [6.07, 6.45) is 3.66. The third kappa shape index (κ3) is 18.9. The van der Waals surface area contributed by atoms with Gasteiger partial charge in [-0.3, -0.25) is 9.78 Å². The molecule has 0 aliphatic rings. The molecule has 0 N–H and O–H groups in total. The zero-order valence-corrected chi connectivity index (χ0v) is 32.8. The first-order valence-corrected chi connectivity index (χ1v) is 18.1. The average Bonchev–Trinajstić information content (AvgIpc) is 3.15. The molecule has 262 valence electrons. The quantitative estimate of drug-likeness (QED) is 0.177. The SMILES string of the molecule is CC.CC.CC.CC(C)C(=O)c1ccccc1.CC(C)c1cccc2ccccc12.CC(C)c1ccccc1.CC(C)c1ccncc1. The van der Waals surface area contributed by atoms with Gasteiger partial charge < -0.3 is 0 Å². The summed E-state index contributed by atoms with van der Waals surface area (Å²) in [4.78, 5) is 15.3. The molecule has 1 heterocycles. The predicted octanol–water partition coefficient (Wildman–Crippen LogP) is 14.6. The van der Waals surface area contributed by atoms with E-state index in [-0.39, 0.29) is 11.7 Å². The van der Waals surface area contributed by atoms with Crippen LogP contribution < -0.4 is 0 Å². The summed E-state index contributed by atoms with van der Waals surface area (Å²) in [6, 6.07) is 39.1. The van der Waals surface area contributed by atoms with E-state index in [4.69, 9.17) is 0 Å². The number of ketones is 1. The first kappa shape index (κ1) is 46.1. The summed E-state index contributed by atoms with van der Waals surface area (Å²) in [5.74, 6) is 2.19. The zero-order chi connectivity index (χ0) is 36.9. The van der Waals surface area contributed by atoms with Gasteiger partial charge in [0, 0.05) is 23.9 Å². The molecule has 0 amide bonds. The molecule has 0 spiro atoms. The van der Waals surface area contributed by atoms with Gasteiger partial charge in [-0.05, 0) is 57.3 Å². The van der Waals surface area contributed by atoms with Gasteiger partial charge >= 0.3 is 0 Å². The number of hydrogen-bond donors (Lipinski definition) is 0. The Kier molecular flexibility index (Phi) is 28.0. The minimum Gasteiger partial charge on any atom is -0.294 e. The highest BCUT2D eigenvalue weighted by Crippen LogP contribution is 2.24. The van der Waals surface area contributed by atoms with Crippen molar-refractivity contribution in [2.75, 3.05) is 0 Å². The Bertz CT molecular complexity index is 1370. The van der Waals surface area contributed by atoms with Crippen LogP contribution in [0, 0.1) is 5.92 Å². The molecule has 1 aromatic heterocycles. The van der Waals surface area contributed by atoms with E-state index in [2.05, 4.69) is 113 Å². The molecule has 0 saturated heterocycles. The van der Waals surface area contributed by atoms with Gasteiger partial charge in [0.15, 0.2) is 5.78 Å². The van der Waals surface area contributed by atoms with Gasteiger partial charge in [-0.1, -0.05) is 200 Å². The Balaban J connectivity index is 0. The predicted molar refractivity (Wildman–Crippen MR) is 217 cm³/mol. The number of pyridine rings is 1. The normalized spacial score (nSPS) is 9.46. The first-order valence-electron chi connectivity index (χ1n) is 18.1. The smallest absolute Gasteiger partial charge is 0.165 e. The van der Waals surface area contributed by atoms with Crippen molar-refractivity contribution >= 4 is 16.6 Å². The lowest BCUT2D eigenvalue weighted by atomic mass is 9.96. The van der Waals surface area contributed by atoms with Crippen molar-refractivity contribution in [3.63, 3.8) is 0 Å². The van der Waals surface area contributed by atoms with Gasteiger partial charge in [-0.15, -0.1) is 0 Å². The lowest BCUT2D eigenvalue weighted by Crippen LogP contribution is -2.06. The lowest BCUT2D eigenvalue weighted by molar-refractivity contribution is 0.0939. The van der Waals surface area contributed by atoms with E-state index in [1.807, 2.05) is 116 Å². The molecule has 0 bridgehead atoms. The third-order valence-corrected chi connectivity index (χ3v) is 6.87. The number of carbonyl (C=O) groups is 1. The van der Waals surface area contributed by atoms with Crippen molar-refractivity contribution in [1.29, 1.82) is 0 Å². The van der Waals surface area contributed by atoms with Gasteiger partial charge in [0.1, 0.15) is 0 Å². The lowest BCUT2D eigenvalue weighted by Gasteiger charge is -2.08. The average molecular weight is 650 g/mol. The van der Waals surface area contributed by atoms with Crippen molar-refractivity contribution in [2.24, 2.45) is 5.92 Å². The molecule has 2 nitrogen and oxygen atoms in total. The summed E-state index contributed by atoms with van der Waals surface area (Å²) in [6.45, 7) is 29.1. The molecular formula is C46H67NO. The number of benzene rings is 4. The molecule has 0 radical (unpaired) electrons. The molecule has 48 heavy (non-hydrogen) atoms. The highest BCUT2D eigenvalue weighted by atomic mass is 16.1. The fraction of sp³-hybridized carbons (Fsp3) is 0.391. The Morgan fingerprint density at radius 1 is 0.458 bits per heavy atom. The standard InChI is InChI=1S/C13H14.C10H12O.C9H12.C8H11N.3C2H6/c1-10(2)12-9-5-7-11-6-3-4-8-13(11)12;1-8(2)10(11)9-6-4-3-5-7-9;1-8(2)9-6-4-3-5-7-9;1-7(2)8-3-5-9-6-4-8;3*1-2/h3-10H,1-2H3;3-8H,1-2H3;3-8H,1-2H3;3-7H,1-2H3;3*1-2H3. The maximum atomic E-state index is 11.3. The maximum absolute atomic E-state index is 11.3. The van der Waals surface area contributed by atoms with Crippen molar-refractivity contribution in [3.8, 4) is 0 Å². The van der Waals surface area contributed by atoms with Crippen LogP contribution in [0.25, 0.3) is 10.8 Å². The van der Waals surface area contributed by atoms with E-state index in [1.54, 1.807) is 0 Å². The number of Topliss-reactive ketones (excluding diaryl/α,β-unsaturated/α-hetero) is 1. The van der Waals surface area contributed by atoms with E-state index >= 15 is 0 Å². The number of carbonyl (C=O) groups excluding carboxylic acids is 1. The zero-order valence-electron chi connectivity index (χ0n) is 32.8. The monoisotopic (exact) mass is 650 g/mol. The molecule has 0 atom stereocenters. The largest absolute Gasteiger partial charge is 0.294 e. The summed E-state index contributed by atoms with van der Waals surface area (Å²) in [5, 5.41) is 2.73. The number of nitrogens with zero attached hydrogens (tertiary/aromatic N) is 1. The summed E-state index contributed by atoms with van der Waals surface area (Å²) in [5.41, 5.74) is 5.02. The van der Waals surface area contributed by atoms with E-state index in [0.29, 0.717) is 17.8 Å². The minimum atomic E-state index is 0.0948. The van der Waals surface area contributed by atoms with Crippen molar-refractivity contribution in [2.45, 2.75) is 115 Å². The maximum Gasteiger partial charge on any atom is 0.165 e. The van der Waals surface area contributed by atoms with Crippen molar-refractivity contribution in [1.82, 2.24) is 4.98 Å². The van der Waals surface area contributed by atoms with Crippen molar-refractivity contribution in [3.05, 3.63) is 150 Å². The molecule has 0 aliphatic heterocycles. The number of aromatic nitrogens is 1. The highest BCUT2D eigenvalue weighted by molar-refractivity contribution is 5.97. The third-order valence-electron chi connectivity index (χ3n) is 6.87. The summed E-state index contributed by atoms with van der Waals surface area (Å²) < 4.78 is 0. The summed E-state index contributed by atoms with van der Waals surface area (Å²) in [7, 11) is 0. The molecule has 4 aromatic carbocycles. The van der Waals surface area contributed by atoms with Crippen LogP contribution in [0.4, 0.5) is 0 Å². The van der Waals surface area contributed by atoms with Gasteiger partial charge in [0.05, 0.1) is 0 Å². The fourth-order valence-electron chi connectivity index (χ4n) is 4.28. The van der Waals surface area contributed by atoms with Crippen LogP contribution in [0.15, 0.2) is 128 Å². The van der Waals surface area contributed by atoms with Crippen LogP contribution in [-0.4, -0.2) is 10.8 Å². The Hall–Kier alpha value is -4.04. The first-order chi connectivity index (χ1) is 23.1. The molecule has 5 rings (SSSR count). The second-order valence-electron chi connectivity index (χ2n) is 11.6. The Labute approximate surface area is 296 Å². The topological polar surface area (TPSA) is 30.0 Å². The molecule has 0 fully saturated rings. The van der Waals surface area contributed by atoms with E-state index in [1.165, 1.54) is 27.5 Å². The molecule has 0 saturated carbocycles. The second-order valence-corrected chi connectivity index (χ2v) is 11.6. The Morgan fingerprint density at radius 3 is 1.29 bits per heavy atom. The van der Waals surface area contributed by atoms with Crippen molar-refractivity contribution < 1.29 is 4.79 Å². The van der Waals surface area contributed by atoms with Crippen LogP contribution >= 0.6 is 0 Å². The van der Waals surface area contributed by atoms with Crippen LogP contribution in [0.3, 0.4) is 0 Å². The Morgan fingerprint density at radius 2 is 0.875 bits per heavy atom. The molecule has 0 aliphatic carbocycles. The molecule has 5 aromatic rings. The highest BCUT2D eigenvalue weighted by Gasteiger charge is 2.08. The van der Waals surface area contributed by atoms with Crippen LogP contribution in [0.5, 0.6) is 0 Å². The van der Waals surface area contributed by atoms with Gasteiger partial charge in [-0.2, -0.15) is 0 Å². The number of rotatable bonds is 5. The van der Waals surface area contributed by atoms with E-state index < -0.39 is 0 Å². The van der Waals surface area contributed by atoms with E-state index in [9.17, 15) is 4.79 Å².